The van der Waals surface area contributed by atoms with E-state index in [0.29, 0.717) is 23.6 Å². The molecule has 1 nitrogen and oxygen atoms in total. The van der Waals surface area contributed by atoms with Gasteiger partial charge in [-0.1, -0.05) is 11.6 Å². The van der Waals surface area contributed by atoms with Crippen molar-refractivity contribution >= 4 is 22.9 Å². The highest BCUT2D eigenvalue weighted by Gasteiger charge is 2.38. The molecule has 0 spiro atoms. The first-order valence-electron chi connectivity index (χ1n) is 4.75. The SMILES string of the molecule is NC1CCC(F)(Cc2ccsc2Cl)C1. The van der Waals surface area contributed by atoms with Crippen molar-refractivity contribution in [2.75, 3.05) is 0 Å². The van der Waals surface area contributed by atoms with Gasteiger partial charge in [-0.05, 0) is 36.3 Å². The Bertz CT molecular complexity index is 328. The van der Waals surface area contributed by atoms with E-state index in [1.165, 1.54) is 11.3 Å². The summed E-state index contributed by atoms with van der Waals surface area (Å²) < 4.78 is 14.9. The monoisotopic (exact) mass is 233 g/mol. The molecule has 1 fully saturated rings. The zero-order valence-corrected chi connectivity index (χ0v) is 9.37. The van der Waals surface area contributed by atoms with Gasteiger partial charge >= 0.3 is 0 Å². The van der Waals surface area contributed by atoms with E-state index in [4.69, 9.17) is 17.3 Å². The summed E-state index contributed by atoms with van der Waals surface area (Å²) in [6, 6.07) is 1.93. The van der Waals surface area contributed by atoms with Crippen LogP contribution in [0.3, 0.4) is 0 Å². The molecule has 1 aromatic rings. The van der Waals surface area contributed by atoms with Crippen LogP contribution >= 0.6 is 22.9 Å². The molecule has 0 aromatic carbocycles. The van der Waals surface area contributed by atoms with Crippen LogP contribution in [0, 0.1) is 0 Å². The number of rotatable bonds is 2. The average Bonchev–Trinajstić information content (AvgIpc) is 2.62. The molecule has 1 aliphatic rings. The van der Waals surface area contributed by atoms with Crippen molar-refractivity contribution < 1.29 is 4.39 Å². The Kier molecular flexibility index (Phi) is 2.82. The molecular formula is C10H13ClFNS. The zero-order valence-electron chi connectivity index (χ0n) is 7.80. The van der Waals surface area contributed by atoms with E-state index in [2.05, 4.69) is 0 Å². The molecule has 14 heavy (non-hydrogen) atoms. The molecule has 0 saturated heterocycles. The van der Waals surface area contributed by atoms with Crippen molar-refractivity contribution in [1.82, 2.24) is 0 Å². The Morgan fingerprint density at radius 1 is 1.71 bits per heavy atom. The van der Waals surface area contributed by atoms with Crippen LogP contribution in [0.4, 0.5) is 4.39 Å². The lowest BCUT2D eigenvalue weighted by molar-refractivity contribution is 0.171. The minimum atomic E-state index is -1.12. The minimum absolute atomic E-state index is 0.0254. The van der Waals surface area contributed by atoms with Gasteiger partial charge in [0.05, 0.1) is 4.34 Å². The van der Waals surface area contributed by atoms with Crippen LogP contribution in [0.1, 0.15) is 24.8 Å². The fraction of sp³-hybridized carbons (Fsp3) is 0.600. The number of halogens is 2. The normalized spacial score (nSPS) is 32.4. The fourth-order valence-corrected chi connectivity index (χ4v) is 2.99. The van der Waals surface area contributed by atoms with Crippen LogP contribution in [0.5, 0.6) is 0 Å². The number of hydrogen-bond acceptors (Lipinski definition) is 2. The Labute approximate surface area is 92.1 Å². The van der Waals surface area contributed by atoms with Gasteiger partial charge in [0.15, 0.2) is 0 Å². The Morgan fingerprint density at radius 3 is 3.00 bits per heavy atom. The molecule has 2 N–H and O–H groups in total. The summed E-state index contributed by atoms with van der Waals surface area (Å²) in [4.78, 5) is 0. The van der Waals surface area contributed by atoms with Gasteiger partial charge in [-0.15, -0.1) is 11.3 Å². The maximum Gasteiger partial charge on any atom is 0.116 e. The molecule has 2 atom stereocenters. The molecule has 0 amide bonds. The lowest BCUT2D eigenvalue weighted by Gasteiger charge is -2.18. The second kappa shape index (κ2) is 3.80. The number of alkyl halides is 1. The Hall–Kier alpha value is -0.120. The lowest BCUT2D eigenvalue weighted by atomic mass is 9.96. The van der Waals surface area contributed by atoms with Crippen LogP contribution in [-0.4, -0.2) is 11.7 Å². The van der Waals surface area contributed by atoms with Crippen LogP contribution in [0.15, 0.2) is 11.4 Å². The van der Waals surface area contributed by atoms with Crippen molar-refractivity contribution in [1.29, 1.82) is 0 Å². The second-order valence-electron chi connectivity index (χ2n) is 4.05. The molecule has 1 saturated carbocycles. The quantitative estimate of drug-likeness (QED) is 0.835. The standard InChI is InChI=1S/C10H13ClFNS/c11-9-7(2-4-14-9)5-10(12)3-1-8(13)6-10/h2,4,8H,1,3,5-6,13H2. The number of hydrogen-bond donors (Lipinski definition) is 1. The predicted molar refractivity (Wildman–Crippen MR) is 58.7 cm³/mol. The highest BCUT2D eigenvalue weighted by molar-refractivity contribution is 7.14. The fourth-order valence-electron chi connectivity index (χ4n) is 2.07. The third-order valence-electron chi connectivity index (χ3n) is 2.79. The summed E-state index contributed by atoms with van der Waals surface area (Å²) >= 11 is 7.39. The third-order valence-corrected chi connectivity index (χ3v) is 4.04. The highest BCUT2D eigenvalue weighted by atomic mass is 35.5. The highest BCUT2D eigenvalue weighted by Crippen LogP contribution is 2.38. The molecular weight excluding hydrogens is 221 g/mol. The van der Waals surface area contributed by atoms with E-state index in [1.807, 2.05) is 11.4 Å². The molecule has 1 aromatic heterocycles. The van der Waals surface area contributed by atoms with Gasteiger partial charge in [-0.2, -0.15) is 0 Å². The molecule has 2 unspecified atom stereocenters. The first-order valence-corrected chi connectivity index (χ1v) is 6.01. The van der Waals surface area contributed by atoms with Gasteiger partial charge < -0.3 is 5.73 Å². The number of nitrogens with two attached hydrogens (primary N) is 1. The zero-order chi connectivity index (χ0) is 10.2. The van der Waals surface area contributed by atoms with Gasteiger partial charge in [0.25, 0.3) is 0 Å². The number of thiophene rings is 1. The summed E-state index contributed by atoms with van der Waals surface area (Å²) in [6.45, 7) is 0. The Morgan fingerprint density at radius 2 is 2.50 bits per heavy atom. The molecule has 1 heterocycles. The third kappa shape index (κ3) is 2.10. The summed E-state index contributed by atoms with van der Waals surface area (Å²) in [7, 11) is 0. The lowest BCUT2D eigenvalue weighted by Crippen LogP contribution is -2.25. The van der Waals surface area contributed by atoms with Crippen molar-refractivity contribution in [3.63, 3.8) is 0 Å². The van der Waals surface area contributed by atoms with Crippen molar-refractivity contribution in [2.24, 2.45) is 5.73 Å². The van der Waals surface area contributed by atoms with E-state index >= 15 is 0 Å². The van der Waals surface area contributed by atoms with Crippen LogP contribution in [0.25, 0.3) is 0 Å². The molecule has 0 radical (unpaired) electrons. The maximum absolute atomic E-state index is 14.2. The molecule has 2 rings (SSSR count). The largest absolute Gasteiger partial charge is 0.328 e. The van der Waals surface area contributed by atoms with E-state index in [-0.39, 0.29) is 6.04 Å². The molecule has 1 aliphatic carbocycles. The van der Waals surface area contributed by atoms with Gasteiger partial charge in [0.1, 0.15) is 5.67 Å². The second-order valence-corrected chi connectivity index (χ2v) is 5.57. The average molecular weight is 234 g/mol. The first kappa shape index (κ1) is 10.4. The molecule has 0 bridgehead atoms. The first-order chi connectivity index (χ1) is 6.59. The van der Waals surface area contributed by atoms with Crippen molar-refractivity contribution in [2.45, 2.75) is 37.4 Å². The molecule has 4 heteroatoms. The van der Waals surface area contributed by atoms with E-state index < -0.39 is 5.67 Å². The Balaban J connectivity index is 2.07. The van der Waals surface area contributed by atoms with Gasteiger partial charge in [-0.3, -0.25) is 0 Å². The van der Waals surface area contributed by atoms with Crippen LogP contribution in [0.2, 0.25) is 4.34 Å². The van der Waals surface area contributed by atoms with Crippen LogP contribution in [-0.2, 0) is 6.42 Å². The summed E-state index contributed by atoms with van der Waals surface area (Å²) in [6.07, 6.45) is 2.25. The van der Waals surface area contributed by atoms with Gasteiger partial charge in [-0.25, -0.2) is 4.39 Å². The van der Waals surface area contributed by atoms with Gasteiger partial charge in [0.2, 0.25) is 0 Å². The van der Waals surface area contributed by atoms with E-state index in [0.717, 1.165) is 12.0 Å². The predicted octanol–water partition coefficient (Wildman–Crippen LogP) is 3.16. The minimum Gasteiger partial charge on any atom is -0.328 e. The van der Waals surface area contributed by atoms with E-state index in [1.54, 1.807) is 0 Å². The maximum atomic E-state index is 14.2. The summed E-state index contributed by atoms with van der Waals surface area (Å²) in [5.74, 6) is 0. The van der Waals surface area contributed by atoms with E-state index in [9.17, 15) is 4.39 Å². The van der Waals surface area contributed by atoms with Crippen molar-refractivity contribution in [3.05, 3.63) is 21.3 Å². The summed E-state index contributed by atoms with van der Waals surface area (Å²) in [5, 5.41) is 1.90. The molecule has 0 aliphatic heterocycles. The smallest absolute Gasteiger partial charge is 0.116 e. The van der Waals surface area contributed by atoms with Crippen LogP contribution < -0.4 is 5.73 Å². The van der Waals surface area contributed by atoms with Crippen molar-refractivity contribution in [3.8, 4) is 0 Å². The molecule has 78 valence electrons. The topological polar surface area (TPSA) is 26.0 Å². The summed E-state index contributed by atoms with van der Waals surface area (Å²) in [5.41, 5.74) is 5.51. The van der Waals surface area contributed by atoms with Gasteiger partial charge in [0, 0.05) is 12.5 Å².